The first-order valence-corrected chi connectivity index (χ1v) is 9.92. The molecule has 2 N–H and O–H groups in total. The molecule has 0 spiro atoms. The van der Waals surface area contributed by atoms with E-state index in [1.807, 2.05) is 6.92 Å². The zero-order chi connectivity index (χ0) is 18.9. The van der Waals surface area contributed by atoms with Crippen LogP contribution in [0.5, 0.6) is 0 Å². The summed E-state index contributed by atoms with van der Waals surface area (Å²) in [6.07, 6.45) is 2.21. The first kappa shape index (κ1) is 18.4. The van der Waals surface area contributed by atoms with Crippen molar-refractivity contribution in [2.24, 2.45) is 10.9 Å². The number of rotatable bonds is 6. The minimum atomic E-state index is -3.66. The Morgan fingerprint density at radius 1 is 1.31 bits per heavy atom. The topological polar surface area (TPSA) is 114 Å². The molecule has 2 atom stereocenters. The van der Waals surface area contributed by atoms with Gasteiger partial charge in [0.1, 0.15) is 11.9 Å². The third kappa shape index (κ3) is 4.04. The molecule has 0 saturated heterocycles. The van der Waals surface area contributed by atoms with Gasteiger partial charge in [0.15, 0.2) is 6.61 Å². The Kier molecular flexibility index (Phi) is 4.99. The number of hydrogen-bond acceptors (Lipinski definition) is 6. The van der Waals surface area contributed by atoms with Crippen molar-refractivity contribution in [3.63, 3.8) is 0 Å². The molecule has 0 radical (unpaired) electrons. The molecule has 1 aromatic rings. The molecular formula is C17H21N3O5S. The van der Waals surface area contributed by atoms with Crippen molar-refractivity contribution >= 4 is 27.7 Å². The zero-order valence-corrected chi connectivity index (χ0v) is 15.4. The summed E-state index contributed by atoms with van der Waals surface area (Å²) >= 11 is 0. The number of fused-ring (bicyclic) bond motifs is 1. The minimum absolute atomic E-state index is 0.0725. The van der Waals surface area contributed by atoms with Crippen molar-refractivity contribution in [1.82, 2.24) is 10.0 Å². The van der Waals surface area contributed by atoms with Gasteiger partial charge in [-0.25, -0.2) is 13.2 Å². The highest BCUT2D eigenvalue weighted by atomic mass is 32.2. The number of carbonyl (C=O) groups is 2. The molecule has 1 aromatic carbocycles. The van der Waals surface area contributed by atoms with Crippen molar-refractivity contribution in [3.8, 4) is 0 Å². The Morgan fingerprint density at radius 3 is 2.69 bits per heavy atom. The summed E-state index contributed by atoms with van der Waals surface area (Å²) in [6.45, 7) is 3.03. The van der Waals surface area contributed by atoms with E-state index < -0.39 is 22.0 Å². The Balaban J connectivity index is 1.59. The van der Waals surface area contributed by atoms with Gasteiger partial charge in [-0.2, -0.15) is 0 Å². The van der Waals surface area contributed by atoms with E-state index in [1.54, 1.807) is 18.2 Å². The molecule has 3 rings (SSSR count). The third-order valence-corrected chi connectivity index (χ3v) is 5.79. The summed E-state index contributed by atoms with van der Waals surface area (Å²) in [7, 11) is -3.66. The maximum absolute atomic E-state index is 12.1. The van der Waals surface area contributed by atoms with Crippen LogP contribution in [-0.4, -0.2) is 44.8 Å². The van der Waals surface area contributed by atoms with Crippen molar-refractivity contribution < 1.29 is 22.7 Å². The molecule has 1 amide bonds. The number of hydrogen-bond donors (Lipinski definition) is 2. The lowest BCUT2D eigenvalue weighted by Crippen LogP contribution is -2.37. The Morgan fingerprint density at radius 2 is 2.00 bits per heavy atom. The second-order valence-electron chi connectivity index (χ2n) is 6.56. The van der Waals surface area contributed by atoms with Gasteiger partial charge in [-0.15, -0.1) is 0 Å². The molecule has 8 nitrogen and oxygen atoms in total. The largest absolute Gasteiger partial charge is 0.454 e. The maximum atomic E-state index is 12.1. The van der Waals surface area contributed by atoms with Gasteiger partial charge in [-0.3, -0.25) is 14.5 Å². The molecule has 1 aliphatic carbocycles. The van der Waals surface area contributed by atoms with Gasteiger partial charge in [0, 0.05) is 11.6 Å². The van der Waals surface area contributed by atoms with Crippen LogP contribution in [-0.2, 0) is 24.3 Å². The van der Waals surface area contributed by atoms with Crippen molar-refractivity contribution in [2.45, 2.75) is 43.7 Å². The lowest BCUT2D eigenvalue weighted by Gasteiger charge is -2.13. The number of aliphatic imine (C=N–C) groups is 1. The SMILES string of the molecule is C[C@H](N=C1NS(=O)(=O)c2ccccc21)C(=O)OCC(=O)N[C@@H](C)C1CC1. The number of amidine groups is 1. The summed E-state index contributed by atoms with van der Waals surface area (Å²) in [4.78, 5) is 28.1. The number of amides is 1. The van der Waals surface area contributed by atoms with Gasteiger partial charge in [0.05, 0.1) is 4.90 Å². The molecule has 2 aliphatic rings. The summed E-state index contributed by atoms with van der Waals surface area (Å²) < 4.78 is 31.4. The van der Waals surface area contributed by atoms with E-state index in [4.69, 9.17) is 4.74 Å². The molecule has 0 unspecified atom stereocenters. The van der Waals surface area contributed by atoms with Crippen LogP contribution in [0.3, 0.4) is 0 Å². The van der Waals surface area contributed by atoms with Gasteiger partial charge in [-0.1, -0.05) is 12.1 Å². The monoisotopic (exact) mass is 379 g/mol. The molecule has 1 fully saturated rings. The number of sulfonamides is 1. The summed E-state index contributed by atoms with van der Waals surface area (Å²) in [5, 5.41) is 2.79. The van der Waals surface area contributed by atoms with Crippen LogP contribution in [0.2, 0.25) is 0 Å². The molecule has 140 valence electrons. The van der Waals surface area contributed by atoms with Crippen molar-refractivity contribution in [1.29, 1.82) is 0 Å². The molecule has 0 bridgehead atoms. The molecule has 1 aliphatic heterocycles. The third-order valence-electron chi connectivity index (χ3n) is 4.39. The fourth-order valence-electron chi connectivity index (χ4n) is 2.74. The van der Waals surface area contributed by atoms with Crippen LogP contribution < -0.4 is 10.0 Å². The number of nitrogens with zero attached hydrogens (tertiary/aromatic N) is 1. The molecule has 1 saturated carbocycles. The lowest BCUT2D eigenvalue weighted by molar-refractivity contribution is -0.149. The van der Waals surface area contributed by atoms with Crippen LogP contribution in [0.1, 0.15) is 32.3 Å². The average Bonchev–Trinajstić information content (AvgIpc) is 3.40. The normalized spacial score (nSPS) is 21.4. The first-order valence-electron chi connectivity index (χ1n) is 8.44. The number of benzene rings is 1. The predicted molar refractivity (Wildman–Crippen MR) is 94.1 cm³/mol. The highest BCUT2D eigenvalue weighted by Gasteiger charge is 2.32. The fraction of sp³-hybridized carbons (Fsp3) is 0.471. The first-order chi connectivity index (χ1) is 12.3. The van der Waals surface area contributed by atoms with E-state index in [0.717, 1.165) is 12.8 Å². The molecule has 9 heteroatoms. The standard InChI is InChI=1S/C17H21N3O5S/c1-10(12-7-8-12)18-15(21)9-25-17(22)11(2)19-16-13-5-3-4-6-14(13)26(23,24)20-16/h3-6,10-12H,7-9H2,1-2H3,(H,18,21)(H,19,20)/t10-,11-/m0/s1. The van der Waals surface area contributed by atoms with Gasteiger partial charge in [-0.05, 0) is 44.7 Å². The fourth-order valence-corrected chi connectivity index (χ4v) is 3.98. The lowest BCUT2D eigenvalue weighted by atomic mass is 10.2. The highest BCUT2D eigenvalue weighted by Crippen LogP contribution is 2.32. The van der Waals surface area contributed by atoms with Gasteiger partial charge < -0.3 is 10.1 Å². The smallest absolute Gasteiger partial charge is 0.331 e. The van der Waals surface area contributed by atoms with Crippen LogP contribution in [0.4, 0.5) is 0 Å². The van der Waals surface area contributed by atoms with E-state index in [1.165, 1.54) is 13.0 Å². The average molecular weight is 379 g/mol. The van der Waals surface area contributed by atoms with Crippen molar-refractivity contribution in [3.05, 3.63) is 29.8 Å². The Bertz CT molecular complexity index is 861. The maximum Gasteiger partial charge on any atom is 0.331 e. The minimum Gasteiger partial charge on any atom is -0.454 e. The van der Waals surface area contributed by atoms with E-state index in [9.17, 15) is 18.0 Å². The second kappa shape index (κ2) is 7.06. The molecule has 1 heterocycles. The zero-order valence-electron chi connectivity index (χ0n) is 14.6. The number of carbonyl (C=O) groups excluding carboxylic acids is 2. The predicted octanol–water partition coefficient (Wildman–Crippen LogP) is 0.571. The van der Waals surface area contributed by atoms with E-state index in [-0.39, 0.29) is 29.3 Å². The summed E-state index contributed by atoms with van der Waals surface area (Å²) in [6, 6.07) is 5.49. The summed E-state index contributed by atoms with van der Waals surface area (Å²) in [5.41, 5.74) is 0.406. The number of nitrogens with one attached hydrogen (secondary N) is 2. The van der Waals surface area contributed by atoms with Crippen molar-refractivity contribution in [2.75, 3.05) is 6.61 Å². The quantitative estimate of drug-likeness (QED) is 0.702. The molecule has 26 heavy (non-hydrogen) atoms. The van der Waals surface area contributed by atoms with Gasteiger partial charge in [0.25, 0.3) is 15.9 Å². The van der Waals surface area contributed by atoms with E-state index in [2.05, 4.69) is 15.0 Å². The summed E-state index contributed by atoms with van der Waals surface area (Å²) in [5.74, 6) is -0.452. The van der Waals surface area contributed by atoms with Crippen LogP contribution >= 0.6 is 0 Å². The van der Waals surface area contributed by atoms with Gasteiger partial charge in [0.2, 0.25) is 0 Å². The Labute approximate surface area is 152 Å². The molecular weight excluding hydrogens is 358 g/mol. The van der Waals surface area contributed by atoms with Crippen LogP contribution in [0.25, 0.3) is 0 Å². The second-order valence-corrected chi connectivity index (χ2v) is 8.21. The van der Waals surface area contributed by atoms with Gasteiger partial charge >= 0.3 is 5.97 Å². The Hall–Kier alpha value is -2.42. The van der Waals surface area contributed by atoms with E-state index in [0.29, 0.717) is 11.5 Å². The van der Waals surface area contributed by atoms with Crippen LogP contribution in [0, 0.1) is 5.92 Å². The molecule has 0 aromatic heterocycles. The number of ether oxygens (including phenoxy) is 1. The van der Waals surface area contributed by atoms with E-state index >= 15 is 0 Å². The van der Waals surface area contributed by atoms with Crippen LogP contribution in [0.15, 0.2) is 34.2 Å². The number of esters is 1. The highest BCUT2D eigenvalue weighted by molar-refractivity contribution is 7.90.